The molecule has 0 atom stereocenters. The standard InChI is InChI=1S/C17H20O4S2/c1-14(2)13-17(22(18,19)15-9-5-3-6-10-15)23(20,21)16-11-7-4-8-12-16/h3-12,14,17H,13H2,1-2H3. The van der Waals surface area contributed by atoms with Gasteiger partial charge in [-0.1, -0.05) is 50.2 Å². The molecule has 0 fully saturated rings. The van der Waals surface area contributed by atoms with Crippen LogP contribution >= 0.6 is 0 Å². The van der Waals surface area contributed by atoms with Crippen molar-refractivity contribution in [2.45, 2.75) is 34.6 Å². The minimum Gasteiger partial charge on any atom is -0.222 e. The second-order valence-electron chi connectivity index (χ2n) is 5.78. The summed E-state index contributed by atoms with van der Waals surface area (Å²) in [6.07, 6.45) is 0.0501. The molecule has 0 unspecified atom stereocenters. The lowest BCUT2D eigenvalue weighted by Gasteiger charge is -2.20. The number of rotatable bonds is 6. The fraction of sp³-hybridized carbons (Fsp3) is 0.294. The minimum atomic E-state index is -3.99. The Labute approximate surface area is 138 Å². The Morgan fingerprint density at radius 2 is 1.04 bits per heavy atom. The zero-order valence-corrected chi connectivity index (χ0v) is 14.7. The number of hydrogen-bond acceptors (Lipinski definition) is 4. The van der Waals surface area contributed by atoms with E-state index in [9.17, 15) is 16.8 Å². The third kappa shape index (κ3) is 3.82. The highest BCUT2D eigenvalue weighted by atomic mass is 32.3. The molecule has 2 rings (SSSR count). The van der Waals surface area contributed by atoms with Gasteiger partial charge in [-0.2, -0.15) is 0 Å². The molecule has 0 aliphatic heterocycles. The normalized spacial score (nSPS) is 12.7. The monoisotopic (exact) mass is 352 g/mol. The summed E-state index contributed by atoms with van der Waals surface area (Å²) in [7, 11) is -7.98. The molecule has 6 heteroatoms. The average Bonchev–Trinajstić information content (AvgIpc) is 2.54. The topological polar surface area (TPSA) is 68.3 Å². The Hall–Kier alpha value is -1.66. The molecule has 0 aliphatic rings. The highest BCUT2D eigenvalue weighted by Crippen LogP contribution is 2.29. The predicted octanol–water partition coefficient (Wildman–Crippen LogP) is 3.31. The Morgan fingerprint density at radius 3 is 1.35 bits per heavy atom. The number of sulfone groups is 2. The second kappa shape index (κ2) is 6.84. The summed E-state index contributed by atoms with van der Waals surface area (Å²) in [5, 5.41) is 0. The van der Waals surface area contributed by atoms with E-state index < -0.39 is 24.3 Å². The molecule has 0 spiro atoms. The van der Waals surface area contributed by atoms with Gasteiger partial charge in [0, 0.05) is 0 Å². The first-order valence-electron chi connectivity index (χ1n) is 7.34. The van der Waals surface area contributed by atoms with Gasteiger partial charge in [-0.25, -0.2) is 16.8 Å². The largest absolute Gasteiger partial charge is 0.222 e. The number of benzene rings is 2. The van der Waals surface area contributed by atoms with E-state index >= 15 is 0 Å². The Morgan fingerprint density at radius 1 is 0.696 bits per heavy atom. The molecule has 0 aliphatic carbocycles. The maximum absolute atomic E-state index is 12.9. The maximum Gasteiger partial charge on any atom is 0.195 e. The summed E-state index contributed by atoms with van der Waals surface area (Å²) in [6, 6.07) is 15.5. The van der Waals surface area contributed by atoms with Gasteiger partial charge in [-0.3, -0.25) is 0 Å². The van der Waals surface area contributed by atoms with Gasteiger partial charge in [0.1, 0.15) is 0 Å². The van der Waals surface area contributed by atoms with E-state index in [4.69, 9.17) is 0 Å². The van der Waals surface area contributed by atoms with E-state index in [1.165, 1.54) is 24.3 Å². The van der Waals surface area contributed by atoms with Crippen molar-refractivity contribution in [2.75, 3.05) is 0 Å². The summed E-state index contributed by atoms with van der Waals surface area (Å²) >= 11 is 0. The van der Waals surface area contributed by atoms with Crippen LogP contribution in [0.2, 0.25) is 0 Å². The summed E-state index contributed by atoms with van der Waals surface area (Å²) in [6.45, 7) is 3.63. The first-order chi connectivity index (χ1) is 10.8. The van der Waals surface area contributed by atoms with Gasteiger partial charge < -0.3 is 0 Å². The van der Waals surface area contributed by atoms with Crippen LogP contribution in [0.3, 0.4) is 0 Å². The highest BCUT2D eigenvalue weighted by molar-refractivity contribution is 8.09. The van der Waals surface area contributed by atoms with E-state index in [0.29, 0.717) is 0 Å². The smallest absolute Gasteiger partial charge is 0.195 e. The fourth-order valence-electron chi connectivity index (χ4n) is 2.33. The zero-order chi connectivity index (χ0) is 17.1. The zero-order valence-electron chi connectivity index (χ0n) is 13.1. The van der Waals surface area contributed by atoms with Crippen LogP contribution in [0.25, 0.3) is 0 Å². The molecule has 0 radical (unpaired) electrons. The lowest BCUT2D eigenvalue weighted by molar-refractivity contribution is 0.540. The quantitative estimate of drug-likeness (QED) is 0.800. The van der Waals surface area contributed by atoms with Crippen LogP contribution < -0.4 is 0 Å². The van der Waals surface area contributed by atoms with E-state index in [1.807, 2.05) is 13.8 Å². The van der Waals surface area contributed by atoms with Gasteiger partial charge >= 0.3 is 0 Å². The van der Waals surface area contributed by atoms with Crippen LogP contribution in [0.1, 0.15) is 20.3 Å². The van der Waals surface area contributed by atoms with Crippen LogP contribution in [0.4, 0.5) is 0 Å². The lowest BCUT2D eigenvalue weighted by Crippen LogP contribution is -2.32. The predicted molar refractivity (Wildman–Crippen MR) is 90.5 cm³/mol. The highest BCUT2D eigenvalue weighted by Gasteiger charge is 2.40. The molecule has 2 aromatic rings. The first-order valence-corrected chi connectivity index (χ1v) is 10.4. The molecule has 0 N–H and O–H groups in total. The second-order valence-corrected chi connectivity index (χ2v) is 10.3. The van der Waals surface area contributed by atoms with Gasteiger partial charge in [-0.15, -0.1) is 0 Å². The summed E-state index contributed by atoms with van der Waals surface area (Å²) in [5.41, 5.74) is 0. The average molecular weight is 352 g/mol. The van der Waals surface area contributed by atoms with Crippen molar-refractivity contribution >= 4 is 19.7 Å². The molecule has 0 saturated carbocycles. The summed E-state index contributed by atoms with van der Waals surface area (Å²) in [5.74, 6) is -0.0722. The molecule has 23 heavy (non-hydrogen) atoms. The van der Waals surface area contributed by atoms with Crippen molar-refractivity contribution < 1.29 is 16.8 Å². The maximum atomic E-state index is 12.9. The van der Waals surface area contributed by atoms with Crippen molar-refractivity contribution in [3.05, 3.63) is 60.7 Å². The summed E-state index contributed by atoms with van der Waals surface area (Å²) < 4.78 is 50.1. The third-order valence-corrected chi connectivity index (χ3v) is 8.65. The van der Waals surface area contributed by atoms with E-state index in [1.54, 1.807) is 36.4 Å². The van der Waals surface area contributed by atoms with Crippen LogP contribution in [0.15, 0.2) is 70.5 Å². The van der Waals surface area contributed by atoms with Crippen molar-refractivity contribution in [3.63, 3.8) is 0 Å². The van der Waals surface area contributed by atoms with E-state index in [0.717, 1.165) is 0 Å². The van der Waals surface area contributed by atoms with Crippen molar-refractivity contribution in [1.29, 1.82) is 0 Å². The fourth-order valence-corrected chi connectivity index (χ4v) is 7.29. The molecule has 2 aromatic carbocycles. The van der Waals surface area contributed by atoms with Gasteiger partial charge in [-0.05, 0) is 36.6 Å². The van der Waals surface area contributed by atoms with E-state index in [2.05, 4.69) is 0 Å². The minimum absolute atomic E-state index is 0.0326. The molecule has 0 amide bonds. The Bertz CT molecular complexity index is 770. The SMILES string of the molecule is CC(C)CC(S(=O)(=O)c1ccccc1)S(=O)(=O)c1ccccc1. The van der Waals surface area contributed by atoms with E-state index in [-0.39, 0.29) is 22.1 Å². The van der Waals surface area contributed by atoms with Crippen LogP contribution in [0.5, 0.6) is 0 Å². The Kier molecular flexibility index (Phi) is 5.26. The lowest BCUT2D eigenvalue weighted by atomic mass is 10.2. The van der Waals surface area contributed by atoms with Crippen LogP contribution in [-0.4, -0.2) is 21.4 Å². The molecule has 4 nitrogen and oxygen atoms in total. The molecule has 124 valence electrons. The summed E-state index contributed by atoms with van der Waals surface area (Å²) in [4.78, 5) is 0.0651. The molecule has 0 saturated heterocycles. The number of hydrogen-bond donors (Lipinski definition) is 0. The van der Waals surface area contributed by atoms with Crippen LogP contribution in [-0.2, 0) is 19.7 Å². The molecule has 0 heterocycles. The van der Waals surface area contributed by atoms with Gasteiger partial charge in [0.15, 0.2) is 24.3 Å². The Balaban J connectivity index is 2.59. The van der Waals surface area contributed by atoms with Crippen molar-refractivity contribution in [2.24, 2.45) is 5.92 Å². The molecular formula is C17H20O4S2. The third-order valence-electron chi connectivity index (χ3n) is 3.50. The molecule has 0 bridgehead atoms. The molecular weight excluding hydrogens is 332 g/mol. The van der Waals surface area contributed by atoms with Gasteiger partial charge in [0.25, 0.3) is 0 Å². The molecule has 0 aromatic heterocycles. The first kappa shape index (κ1) is 17.7. The van der Waals surface area contributed by atoms with Gasteiger partial charge in [0.2, 0.25) is 0 Å². The van der Waals surface area contributed by atoms with Crippen molar-refractivity contribution in [3.8, 4) is 0 Å². The van der Waals surface area contributed by atoms with Gasteiger partial charge in [0.05, 0.1) is 9.79 Å². The van der Waals surface area contributed by atoms with Crippen molar-refractivity contribution in [1.82, 2.24) is 0 Å². The van der Waals surface area contributed by atoms with Crippen LogP contribution in [0, 0.1) is 5.92 Å².